The molecule has 11 heteroatoms. The van der Waals surface area contributed by atoms with Crippen molar-refractivity contribution >= 4 is 5.91 Å². The Hall–Kier alpha value is -1.41. The van der Waals surface area contributed by atoms with Crippen molar-refractivity contribution < 1.29 is 50.0 Å². The summed E-state index contributed by atoms with van der Waals surface area (Å²) in [5.41, 5.74) is 0. The maximum atomic E-state index is 13.3. The highest BCUT2D eigenvalue weighted by molar-refractivity contribution is 5.80. The predicted octanol–water partition coefficient (Wildman–Crippen LogP) is 18.4. The van der Waals surface area contributed by atoms with Gasteiger partial charge in [-0.25, -0.2) is 0 Å². The average molecular weight is 1210 g/mol. The topological polar surface area (TPSA) is 189 Å². The van der Waals surface area contributed by atoms with E-state index in [1.54, 1.807) is 0 Å². The van der Waals surface area contributed by atoms with Crippen LogP contribution in [0.15, 0.2) is 24.3 Å². The molecular formula is C74H143NO10. The number of aliphatic hydroxyl groups is 7. The number of rotatable bonds is 66. The first-order valence-electron chi connectivity index (χ1n) is 37.2. The van der Waals surface area contributed by atoms with E-state index in [1.165, 1.54) is 289 Å². The van der Waals surface area contributed by atoms with Crippen LogP contribution in [0.1, 0.15) is 373 Å². The standard InChI is InChI=1S/C74H143NO10/c1-3-5-7-9-11-13-15-17-19-21-23-25-27-29-31-33-34-36-38-40-42-44-46-48-50-52-54-56-58-60-62-67(78)73(83)75-65(64-84-74-72(82)71(81)70(80)68(63-76)85-74)69(79)66(77)61-59-57-55-53-51-49-47-45-43-41-39-37-35-32-30-28-26-24-22-20-18-16-14-12-10-8-6-4-2/h23,25,29,31,65-72,74,76-82H,3-22,24,26-28,30,32-64H2,1-2H3,(H,75,83)/b25-23-,31-29-. The molecule has 0 aromatic carbocycles. The van der Waals surface area contributed by atoms with Crippen LogP contribution in [-0.2, 0) is 14.3 Å². The van der Waals surface area contributed by atoms with Crippen LogP contribution in [-0.4, -0.2) is 110 Å². The number of unbranched alkanes of at least 4 members (excludes halogenated alkanes) is 50. The zero-order chi connectivity index (χ0) is 61.7. The Bertz CT molecular complexity index is 1430. The zero-order valence-corrected chi connectivity index (χ0v) is 55.9. The van der Waals surface area contributed by atoms with Gasteiger partial charge >= 0.3 is 0 Å². The second-order valence-electron chi connectivity index (χ2n) is 26.4. The fourth-order valence-corrected chi connectivity index (χ4v) is 12.3. The number of ether oxygens (including phenoxy) is 2. The highest BCUT2D eigenvalue weighted by Gasteiger charge is 2.44. The lowest BCUT2D eigenvalue weighted by molar-refractivity contribution is -0.303. The third-order valence-electron chi connectivity index (χ3n) is 18.3. The fourth-order valence-electron chi connectivity index (χ4n) is 12.3. The predicted molar refractivity (Wildman–Crippen MR) is 358 cm³/mol. The fraction of sp³-hybridized carbons (Fsp3) is 0.932. The highest BCUT2D eigenvalue weighted by atomic mass is 16.7. The second-order valence-corrected chi connectivity index (χ2v) is 26.4. The first kappa shape index (κ1) is 81.6. The lowest BCUT2D eigenvalue weighted by atomic mass is 9.98. The minimum absolute atomic E-state index is 0.262. The van der Waals surface area contributed by atoms with Crippen LogP contribution in [0.25, 0.3) is 0 Å². The number of hydrogen-bond acceptors (Lipinski definition) is 10. The van der Waals surface area contributed by atoms with Crippen molar-refractivity contribution in [3.63, 3.8) is 0 Å². The Labute approximate surface area is 524 Å². The van der Waals surface area contributed by atoms with Gasteiger partial charge in [-0.15, -0.1) is 0 Å². The van der Waals surface area contributed by atoms with Crippen molar-refractivity contribution in [3.8, 4) is 0 Å². The molecule has 0 aromatic rings. The molecule has 1 fully saturated rings. The minimum Gasteiger partial charge on any atom is -0.394 e. The Kier molecular flexibility index (Phi) is 60.3. The number of nitrogens with one attached hydrogen (secondary N) is 1. The third-order valence-corrected chi connectivity index (χ3v) is 18.3. The van der Waals surface area contributed by atoms with Gasteiger partial charge in [0.2, 0.25) is 5.91 Å². The van der Waals surface area contributed by atoms with Crippen LogP contribution in [0, 0.1) is 0 Å². The molecule has 1 saturated heterocycles. The van der Waals surface area contributed by atoms with Crippen LogP contribution in [0.4, 0.5) is 0 Å². The van der Waals surface area contributed by atoms with E-state index in [2.05, 4.69) is 43.5 Å². The smallest absolute Gasteiger partial charge is 0.249 e. The van der Waals surface area contributed by atoms with Gasteiger partial charge in [0.25, 0.3) is 0 Å². The van der Waals surface area contributed by atoms with Gasteiger partial charge in [0.05, 0.1) is 25.4 Å². The molecule has 85 heavy (non-hydrogen) atoms. The molecule has 0 aliphatic carbocycles. The number of aliphatic hydroxyl groups excluding tert-OH is 7. The maximum Gasteiger partial charge on any atom is 0.249 e. The molecule has 0 spiro atoms. The van der Waals surface area contributed by atoms with E-state index in [4.69, 9.17) is 9.47 Å². The Morgan fingerprint density at radius 3 is 1.05 bits per heavy atom. The number of carbonyl (C=O) groups is 1. The number of carbonyl (C=O) groups excluding carboxylic acids is 1. The summed E-state index contributed by atoms with van der Waals surface area (Å²) >= 11 is 0. The van der Waals surface area contributed by atoms with Gasteiger partial charge in [-0.1, -0.05) is 353 Å². The Balaban J connectivity index is 2.17. The molecule has 1 amide bonds. The minimum atomic E-state index is -1.66. The first-order chi connectivity index (χ1) is 41.7. The summed E-state index contributed by atoms with van der Waals surface area (Å²) in [6.45, 7) is 3.52. The number of hydrogen-bond donors (Lipinski definition) is 8. The van der Waals surface area contributed by atoms with Crippen molar-refractivity contribution in [2.45, 2.75) is 428 Å². The van der Waals surface area contributed by atoms with Crippen LogP contribution >= 0.6 is 0 Å². The molecule has 1 heterocycles. The molecule has 0 bridgehead atoms. The SMILES string of the molecule is CCCCCCCCCCC/C=C\C/C=C\CCCCCCCCCCCCCCCCC(O)C(=O)NC(COC1OC(CO)C(O)C(O)C1O)C(O)C(O)CCCCCCCCCCCCCCCCCCCCCCCCCCCCCC. The van der Waals surface area contributed by atoms with E-state index in [-0.39, 0.29) is 6.42 Å². The van der Waals surface area contributed by atoms with E-state index in [0.29, 0.717) is 19.3 Å². The molecule has 9 atom stereocenters. The van der Waals surface area contributed by atoms with Gasteiger partial charge < -0.3 is 50.5 Å². The monoisotopic (exact) mass is 1210 g/mol. The van der Waals surface area contributed by atoms with E-state index in [1.807, 2.05) is 0 Å². The molecule has 0 saturated carbocycles. The molecule has 9 unspecified atom stereocenters. The van der Waals surface area contributed by atoms with Crippen LogP contribution in [0.5, 0.6) is 0 Å². The van der Waals surface area contributed by atoms with Crippen molar-refractivity contribution in [1.82, 2.24) is 5.32 Å². The van der Waals surface area contributed by atoms with Gasteiger partial charge in [0, 0.05) is 0 Å². The molecule has 0 aromatic heterocycles. The van der Waals surface area contributed by atoms with Gasteiger partial charge in [-0.2, -0.15) is 0 Å². The average Bonchev–Trinajstić information content (AvgIpc) is 3.51. The Morgan fingerprint density at radius 2 is 0.718 bits per heavy atom. The molecule has 1 rings (SSSR count). The summed E-state index contributed by atoms with van der Waals surface area (Å²) < 4.78 is 11.2. The number of amides is 1. The first-order valence-corrected chi connectivity index (χ1v) is 37.2. The van der Waals surface area contributed by atoms with Gasteiger partial charge in [0.15, 0.2) is 6.29 Å². The molecule has 1 aliphatic heterocycles. The summed E-state index contributed by atoms with van der Waals surface area (Å²) in [5.74, 6) is -0.690. The normalized spacial score (nSPS) is 18.9. The number of allylic oxidation sites excluding steroid dienone is 4. The van der Waals surface area contributed by atoms with E-state index in [0.717, 1.165) is 44.9 Å². The van der Waals surface area contributed by atoms with Gasteiger partial charge in [-0.05, 0) is 44.9 Å². The highest BCUT2D eigenvalue weighted by Crippen LogP contribution is 2.24. The lowest BCUT2D eigenvalue weighted by Crippen LogP contribution is -2.60. The van der Waals surface area contributed by atoms with E-state index in [9.17, 15) is 40.5 Å². The summed E-state index contributed by atoms with van der Waals surface area (Å²) in [7, 11) is 0. The molecule has 504 valence electrons. The summed E-state index contributed by atoms with van der Waals surface area (Å²) in [5, 5.41) is 76.7. The molecule has 11 nitrogen and oxygen atoms in total. The largest absolute Gasteiger partial charge is 0.394 e. The van der Waals surface area contributed by atoms with E-state index < -0.39 is 74.2 Å². The van der Waals surface area contributed by atoms with Crippen molar-refractivity contribution in [1.29, 1.82) is 0 Å². The molecule has 0 radical (unpaired) electrons. The zero-order valence-electron chi connectivity index (χ0n) is 55.9. The summed E-state index contributed by atoms with van der Waals surface area (Å²) in [6.07, 6.45) is 68.4. The van der Waals surface area contributed by atoms with Gasteiger partial charge in [0.1, 0.15) is 36.6 Å². The Morgan fingerprint density at radius 1 is 0.412 bits per heavy atom. The van der Waals surface area contributed by atoms with Crippen molar-refractivity contribution in [3.05, 3.63) is 24.3 Å². The molecule has 8 N–H and O–H groups in total. The van der Waals surface area contributed by atoms with Gasteiger partial charge in [-0.3, -0.25) is 4.79 Å². The van der Waals surface area contributed by atoms with Crippen LogP contribution in [0.3, 0.4) is 0 Å². The van der Waals surface area contributed by atoms with Crippen LogP contribution in [0.2, 0.25) is 0 Å². The third kappa shape index (κ3) is 50.0. The quantitative estimate of drug-likeness (QED) is 0.0215. The van der Waals surface area contributed by atoms with Crippen LogP contribution < -0.4 is 5.32 Å². The van der Waals surface area contributed by atoms with E-state index >= 15 is 0 Å². The maximum absolute atomic E-state index is 13.3. The van der Waals surface area contributed by atoms with Crippen molar-refractivity contribution in [2.75, 3.05) is 13.2 Å². The lowest BCUT2D eigenvalue weighted by Gasteiger charge is -2.40. The molecular weight excluding hydrogens is 1060 g/mol. The molecule has 1 aliphatic rings. The van der Waals surface area contributed by atoms with Crippen molar-refractivity contribution in [2.24, 2.45) is 0 Å². The summed E-state index contributed by atoms with van der Waals surface area (Å²) in [6, 6.07) is -1.17. The summed E-state index contributed by atoms with van der Waals surface area (Å²) in [4.78, 5) is 13.3. The second kappa shape index (κ2) is 62.8.